The molecule has 208 valence electrons. The van der Waals surface area contributed by atoms with Crippen LogP contribution in [0.3, 0.4) is 0 Å². The SMILES string of the molecule is CN(C)C1CN(C(=O)Nc2cc(Oc3ccc(NC(=O)C4(C(=O)Nc5ccc(F)cc5)CC4)c(F)c3)ccn2)C1. The number of likely N-dealkylation sites (N-methyl/N-ethyl adjacent to an activating group) is 1. The van der Waals surface area contributed by atoms with Gasteiger partial charge in [0.05, 0.1) is 5.69 Å². The zero-order chi connectivity index (χ0) is 28.4. The highest BCUT2D eigenvalue weighted by atomic mass is 19.1. The molecule has 1 saturated carbocycles. The van der Waals surface area contributed by atoms with Gasteiger partial charge in [0.2, 0.25) is 11.8 Å². The molecule has 1 aliphatic heterocycles. The molecule has 0 radical (unpaired) electrons. The van der Waals surface area contributed by atoms with Crippen LogP contribution in [0.2, 0.25) is 0 Å². The fourth-order valence-corrected chi connectivity index (χ4v) is 4.18. The van der Waals surface area contributed by atoms with Crippen LogP contribution in [0.4, 0.5) is 30.8 Å². The molecule has 2 aromatic carbocycles. The second-order valence-electron chi connectivity index (χ2n) is 10.1. The van der Waals surface area contributed by atoms with Crippen molar-refractivity contribution in [2.24, 2.45) is 5.41 Å². The van der Waals surface area contributed by atoms with Crippen LogP contribution in [-0.2, 0) is 9.59 Å². The predicted octanol–water partition coefficient (Wildman–Crippen LogP) is 4.29. The van der Waals surface area contributed by atoms with Crippen molar-refractivity contribution in [1.82, 2.24) is 14.8 Å². The number of likely N-dealkylation sites (tertiary alicyclic amines) is 1. The average molecular weight is 551 g/mol. The molecular weight excluding hydrogens is 522 g/mol. The number of pyridine rings is 1. The predicted molar refractivity (Wildman–Crippen MR) is 144 cm³/mol. The lowest BCUT2D eigenvalue weighted by Gasteiger charge is -2.42. The number of nitrogens with zero attached hydrogens (tertiary/aromatic N) is 3. The molecule has 3 N–H and O–H groups in total. The smallest absolute Gasteiger partial charge is 0.323 e. The Bertz CT molecular complexity index is 1440. The van der Waals surface area contributed by atoms with Crippen LogP contribution in [0, 0.1) is 17.0 Å². The normalized spacial score (nSPS) is 15.7. The Labute approximate surface area is 229 Å². The van der Waals surface area contributed by atoms with Gasteiger partial charge in [-0.3, -0.25) is 14.9 Å². The number of amides is 4. The molecule has 2 aliphatic rings. The van der Waals surface area contributed by atoms with Crippen molar-refractivity contribution in [3.8, 4) is 11.5 Å². The number of nitrogens with one attached hydrogen (secondary N) is 3. The molecule has 5 rings (SSSR count). The summed E-state index contributed by atoms with van der Waals surface area (Å²) in [6.45, 7) is 1.24. The van der Waals surface area contributed by atoms with Crippen molar-refractivity contribution in [3.05, 3.63) is 72.4 Å². The van der Waals surface area contributed by atoms with E-state index in [1.54, 1.807) is 11.0 Å². The van der Waals surface area contributed by atoms with Crippen LogP contribution in [-0.4, -0.2) is 65.9 Å². The molecule has 0 spiro atoms. The van der Waals surface area contributed by atoms with E-state index >= 15 is 0 Å². The van der Waals surface area contributed by atoms with Gasteiger partial charge >= 0.3 is 6.03 Å². The van der Waals surface area contributed by atoms with Crippen molar-refractivity contribution >= 4 is 35.0 Å². The quantitative estimate of drug-likeness (QED) is 0.361. The van der Waals surface area contributed by atoms with Gasteiger partial charge in [0.25, 0.3) is 0 Å². The Morgan fingerprint density at radius 3 is 2.25 bits per heavy atom. The highest BCUT2D eigenvalue weighted by Crippen LogP contribution is 2.47. The number of urea groups is 1. The fraction of sp³-hybridized carbons (Fsp3) is 0.286. The Kier molecular flexibility index (Phi) is 7.35. The summed E-state index contributed by atoms with van der Waals surface area (Å²) >= 11 is 0. The minimum Gasteiger partial charge on any atom is -0.457 e. The summed E-state index contributed by atoms with van der Waals surface area (Å²) in [5, 5.41) is 7.82. The standard InChI is InChI=1S/C28H28F2N6O4/c1-35(2)19-15-36(16-19)27(39)34-24-14-21(9-12-31-24)40-20-7-8-23(22(30)13-20)33-26(38)28(10-11-28)25(37)32-18-5-3-17(29)4-6-18/h3-9,12-14,19H,10-11,15-16H2,1-2H3,(H,32,37)(H,33,38)(H,31,34,39). The first-order valence-corrected chi connectivity index (χ1v) is 12.7. The molecule has 4 amide bonds. The molecule has 10 nitrogen and oxygen atoms in total. The number of hydrogen-bond donors (Lipinski definition) is 3. The Morgan fingerprint density at radius 1 is 0.925 bits per heavy atom. The molecule has 40 heavy (non-hydrogen) atoms. The fourth-order valence-electron chi connectivity index (χ4n) is 4.18. The van der Waals surface area contributed by atoms with Crippen molar-refractivity contribution in [2.45, 2.75) is 18.9 Å². The topological polar surface area (TPSA) is 116 Å². The van der Waals surface area contributed by atoms with Gasteiger partial charge in [-0.1, -0.05) is 0 Å². The van der Waals surface area contributed by atoms with E-state index in [9.17, 15) is 23.2 Å². The molecule has 3 aromatic rings. The number of halogens is 2. The van der Waals surface area contributed by atoms with Gasteiger partial charge in [0.15, 0.2) is 0 Å². The number of anilines is 3. The van der Waals surface area contributed by atoms with Gasteiger partial charge in [-0.25, -0.2) is 18.6 Å². The van der Waals surface area contributed by atoms with E-state index in [4.69, 9.17) is 4.74 Å². The summed E-state index contributed by atoms with van der Waals surface area (Å²) in [4.78, 5) is 45.9. The van der Waals surface area contributed by atoms with Crippen LogP contribution >= 0.6 is 0 Å². The van der Waals surface area contributed by atoms with Crippen LogP contribution in [0.25, 0.3) is 0 Å². The lowest BCUT2D eigenvalue weighted by atomic mass is 10.0. The number of aromatic nitrogens is 1. The van der Waals surface area contributed by atoms with Gasteiger partial charge in [0.1, 0.15) is 34.4 Å². The van der Waals surface area contributed by atoms with Gasteiger partial charge in [-0.15, -0.1) is 0 Å². The second kappa shape index (κ2) is 10.9. The minimum absolute atomic E-state index is 0.105. The zero-order valence-corrected chi connectivity index (χ0v) is 21.9. The van der Waals surface area contributed by atoms with Gasteiger partial charge in [-0.2, -0.15) is 0 Å². The van der Waals surface area contributed by atoms with Crippen LogP contribution in [0.15, 0.2) is 60.8 Å². The highest BCUT2D eigenvalue weighted by Gasteiger charge is 2.56. The third kappa shape index (κ3) is 5.86. The molecule has 1 aliphatic carbocycles. The van der Waals surface area contributed by atoms with E-state index < -0.39 is 28.9 Å². The first-order chi connectivity index (χ1) is 19.1. The summed E-state index contributed by atoms with van der Waals surface area (Å²) in [7, 11) is 3.93. The van der Waals surface area contributed by atoms with Crippen LogP contribution in [0.1, 0.15) is 12.8 Å². The molecule has 0 bridgehead atoms. The first-order valence-electron chi connectivity index (χ1n) is 12.7. The average Bonchev–Trinajstić information content (AvgIpc) is 3.68. The van der Waals surface area contributed by atoms with E-state index in [2.05, 4.69) is 25.8 Å². The number of ether oxygens (including phenoxy) is 1. The number of hydrogen-bond acceptors (Lipinski definition) is 6. The maximum atomic E-state index is 14.9. The second-order valence-corrected chi connectivity index (χ2v) is 10.1. The molecular formula is C28H28F2N6O4. The lowest BCUT2D eigenvalue weighted by Crippen LogP contribution is -2.60. The molecule has 12 heteroatoms. The van der Waals surface area contributed by atoms with Crippen molar-refractivity contribution in [3.63, 3.8) is 0 Å². The zero-order valence-electron chi connectivity index (χ0n) is 21.9. The number of carbonyl (C=O) groups is 3. The van der Waals surface area contributed by atoms with E-state index in [0.717, 1.165) is 6.07 Å². The van der Waals surface area contributed by atoms with Crippen molar-refractivity contribution in [1.29, 1.82) is 0 Å². The van der Waals surface area contributed by atoms with E-state index in [1.807, 2.05) is 14.1 Å². The van der Waals surface area contributed by atoms with E-state index in [-0.39, 0.29) is 23.3 Å². The number of carbonyl (C=O) groups excluding carboxylic acids is 3. The third-order valence-electron chi connectivity index (χ3n) is 6.99. The summed E-state index contributed by atoms with van der Waals surface area (Å²) in [5.74, 6) is -1.60. The molecule has 2 heterocycles. The first kappa shape index (κ1) is 27.0. The summed E-state index contributed by atoms with van der Waals surface area (Å²) in [6.07, 6.45) is 2.08. The number of rotatable bonds is 8. The van der Waals surface area contributed by atoms with Crippen molar-refractivity contribution in [2.75, 3.05) is 43.1 Å². The molecule has 1 saturated heterocycles. The summed E-state index contributed by atoms with van der Waals surface area (Å²) < 4.78 is 33.7. The van der Waals surface area contributed by atoms with Gasteiger partial charge in [0, 0.05) is 43.1 Å². The summed E-state index contributed by atoms with van der Waals surface area (Å²) in [5.41, 5.74) is -1.07. The van der Waals surface area contributed by atoms with Gasteiger partial charge < -0.3 is 25.2 Å². The molecule has 0 atom stereocenters. The minimum atomic E-state index is -1.32. The van der Waals surface area contributed by atoms with Crippen LogP contribution < -0.4 is 20.7 Å². The lowest BCUT2D eigenvalue weighted by molar-refractivity contribution is -0.131. The Morgan fingerprint density at radius 2 is 1.60 bits per heavy atom. The van der Waals surface area contributed by atoms with E-state index in [0.29, 0.717) is 43.4 Å². The largest absolute Gasteiger partial charge is 0.457 e. The Hall–Kier alpha value is -4.58. The maximum absolute atomic E-state index is 14.9. The Balaban J connectivity index is 1.18. The third-order valence-corrected chi connectivity index (χ3v) is 6.99. The van der Waals surface area contributed by atoms with E-state index in [1.165, 1.54) is 48.7 Å². The molecule has 0 unspecified atom stereocenters. The van der Waals surface area contributed by atoms with Crippen molar-refractivity contribution < 1.29 is 27.9 Å². The monoisotopic (exact) mass is 550 g/mol. The molecule has 2 fully saturated rings. The number of benzene rings is 2. The summed E-state index contributed by atoms with van der Waals surface area (Å²) in [6, 6.07) is 12.2. The maximum Gasteiger partial charge on any atom is 0.323 e. The van der Waals surface area contributed by atoms with Crippen LogP contribution in [0.5, 0.6) is 11.5 Å². The molecule has 1 aromatic heterocycles. The van der Waals surface area contributed by atoms with Gasteiger partial charge in [-0.05, 0) is 69.4 Å². The highest BCUT2D eigenvalue weighted by molar-refractivity contribution is 6.16.